The second kappa shape index (κ2) is 34.5. The Morgan fingerprint density at radius 1 is 0.413 bits per heavy atom. The Morgan fingerprint density at radius 2 is 0.652 bits per heavy atom. The molecule has 0 aliphatic rings. The van der Waals surface area contributed by atoms with Crippen LogP contribution in [0.4, 0.5) is 0 Å². The van der Waals surface area contributed by atoms with Gasteiger partial charge in [-0.05, 0) is 0 Å². The molecule has 0 aromatic heterocycles. The third-order valence-corrected chi connectivity index (χ3v) is 11.5. The van der Waals surface area contributed by atoms with Crippen LogP contribution in [0, 0.1) is 0 Å². The van der Waals surface area contributed by atoms with E-state index in [1.54, 1.807) is 0 Å². The summed E-state index contributed by atoms with van der Waals surface area (Å²) < 4.78 is 6.87. The molecule has 0 atom stereocenters. The summed E-state index contributed by atoms with van der Waals surface area (Å²) in [5.74, 6) is 0. The number of quaternary nitrogens is 1. The first-order valence-corrected chi connectivity index (χ1v) is 22.1. The number of rotatable bonds is 38. The summed E-state index contributed by atoms with van der Waals surface area (Å²) in [6.07, 6.45) is 40.7. The maximum absolute atomic E-state index is 13.1. The molecule has 0 aliphatic heterocycles. The van der Waals surface area contributed by atoms with Gasteiger partial charge in [0.25, 0.3) is 0 Å². The van der Waals surface area contributed by atoms with Crippen molar-refractivity contribution in [3.63, 3.8) is 0 Å². The Balaban J connectivity index is 4.00. The second-order valence-electron chi connectivity index (χ2n) is 15.4. The van der Waals surface area contributed by atoms with Gasteiger partial charge >= 0.3 is 213 Å². The van der Waals surface area contributed by atoms with Gasteiger partial charge in [-0.25, -0.2) is 0 Å². The molecular weight excluding hydrogens is 585 g/mol. The van der Waals surface area contributed by atoms with Gasteiger partial charge in [-0.2, -0.15) is 0 Å². The van der Waals surface area contributed by atoms with E-state index in [0.717, 1.165) is 36.7 Å². The molecule has 0 radical (unpaired) electrons. The zero-order chi connectivity index (χ0) is 34.0. The first-order valence-electron chi connectivity index (χ1n) is 20.7. The predicted molar refractivity (Wildman–Crippen MR) is 206 cm³/mol. The van der Waals surface area contributed by atoms with Crippen LogP contribution in [0.3, 0.4) is 0 Å². The fraction of sp³-hybridized carbons (Fsp3) is 0.951. The third-order valence-electron chi connectivity index (χ3n) is 9.53. The molecule has 276 valence electrons. The van der Waals surface area contributed by atoms with Crippen molar-refractivity contribution in [2.45, 2.75) is 219 Å². The molecule has 0 N–H and O–H groups in total. The Labute approximate surface area is 290 Å². The summed E-state index contributed by atoms with van der Waals surface area (Å²) in [5, 5.41) is 0. The van der Waals surface area contributed by atoms with Crippen LogP contribution in [0.2, 0.25) is 0 Å². The van der Waals surface area contributed by atoms with E-state index in [9.17, 15) is 9.59 Å². The van der Waals surface area contributed by atoms with Gasteiger partial charge in [0, 0.05) is 0 Å². The smallest absolute Gasteiger partial charge is 0.0654 e. The van der Waals surface area contributed by atoms with E-state index in [1.165, 1.54) is 167 Å². The van der Waals surface area contributed by atoms with Gasteiger partial charge in [-0.15, -0.1) is 0 Å². The summed E-state index contributed by atoms with van der Waals surface area (Å²) >= 11 is 0. The molecule has 0 aromatic carbocycles. The van der Waals surface area contributed by atoms with Crippen molar-refractivity contribution in [3.8, 4) is 0 Å². The summed E-state index contributed by atoms with van der Waals surface area (Å²) in [7, 11) is 4.34. The molecule has 0 aromatic rings. The van der Waals surface area contributed by atoms with Gasteiger partial charge in [-0.1, -0.05) is 78.1 Å². The molecule has 5 heteroatoms. The predicted octanol–water partition coefficient (Wildman–Crippen LogP) is 13.4. The molecular formula is C41H84NO3P. The summed E-state index contributed by atoms with van der Waals surface area (Å²) in [4.78, 5) is 26.3. The van der Waals surface area contributed by atoms with Crippen LogP contribution < -0.4 is 0 Å². The van der Waals surface area contributed by atoms with Crippen LogP contribution in [-0.2, 0) is 14.1 Å². The van der Waals surface area contributed by atoms with Crippen LogP contribution in [-0.4, -0.2) is 49.8 Å². The molecule has 0 unspecified atom stereocenters. The molecule has 0 bridgehead atoms. The number of hydrogen-bond acceptors (Lipinski definition) is 3. The molecule has 0 saturated heterocycles. The number of hydrogen-bond donors (Lipinski definition) is 0. The van der Waals surface area contributed by atoms with E-state index in [2.05, 4.69) is 35.0 Å². The van der Waals surface area contributed by atoms with Crippen LogP contribution in [0.25, 0.3) is 0 Å². The average Bonchev–Trinajstić information content (AvgIpc) is 3.02. The minimum Gasteiger partial charge on any atom is -0.0654 e. The number of likely N-dealkylation sites (N-methyl/N-ethyl adjacent to an activating group) is 1. The number of nitrogens with zero attached hydrogens (tertiary/aromatic N) is 1. The van der Waals surface area contributed by atoms with Crippen molar-refractivity contribution >= 4 is 19.2 Å². The summed E-state index contributed by atoms with van der Waals surface area (Å²) in [6, 6.07) is 0. The molecule has 0 aliphatic carbocycles. The summed E-state index contributed by atoms with van der Waals surface area (Å²) in [5.41, 5.74) is 0.235. The van der Waals surface area contributed by atoms with E-state index in [-0.39, 0.29) is 11.0 Å². The average molecular weight is 670 g/mol. The summed E-state index contributed by atoms with van der Waals surface area (Å²) in [6.45, 7) is 5.90. The van der Waals surface area contributed by atoms with Crippen molar-refractivity contribution in [2.24, 2.45) is 0 Å². The molecule has 46 heavy (non-hydrogen) atoms. The van der Waals surface area contributed by atoms with Crippen LogP contribution in [0.5, 0.6) is 0 Å². The van der Waals surface area contributed by atoms with E-state index >= 15 is 0 Å². The minimum absolute atomic E-state index is 0.118. The van der Waals surface area contributed by atoms with Gasteiger partial charge < -0.3 is 0 Å². The Bertz CT molecular complexity index is 617. The van der Waals surface area contributed by atoms with Crippen molar-refractivity contribution in [2.75, 3.05) is 34.3 Å². The zero-order valence-electron chi connectivity index (χ0n) is 32.2. The van der Waals surface area contributed by atoms with Crippen LogP contribution in [0.1, 0.15) is 219 Å². The minimum atomic E-state index is -2.05. The van der Waals surface area contributed by atoms with Gasteiger partial charge in [0.05, 0.1) is 0 Å². The van der Waals surface area contributed by atoms with Gasteiger partial charge in [0.2, 0.25) is 0 Å². The second-order valence-corrected chi connectivity index (χ2v) is 17.5. The van der Waals surface area contributed by atoms with Crippen molar-refractivity contribution in [1.82, 2.24) is 0 Å². The van der Waals surface area contributed by atoms with Crippen molar-refractivity contribution < 1.29 is 18.6 Å². The van der Waals surface area contributed by atoms with Gasteiger partial charge in [0.15, 0.2) is 0 Å². The molecule has 0 amide bonds. The molecule has 0 heterocycles. The Morgan fingerprint density at radius 3 is 0.891 bits per heavy atom. The van der Waals surface area contributed by atoms with E-state index in [0.29, 0.717) is 19.4 Å². The maximum atomic E-state index is 13.1. The number of carbonyl (C=O) groups excluding carboxylic acids is 2. The van der Waals surface area contributed by atoms with Crippen molar-refractivity contribution in [1.29, 1.82) is 0 Å². The first kappa shape index (κ1) is 45.7. The molecule has 0 spiro atoms. The number of carbonyl (C=O) groups is 2. The van der Waals surface area contributed by atoms with Gasteiger partial charge in [0.1, 0.15) is 0 Å². The van der Waals surface area contributed by atoms with E-state index in [4.69, 9.17) is 4.52 Å². The van der Waals surface area contributed by atoms with E-state index in [1.807, 2.05) is 0 Å². The normalized spacial score (nSPS) is 12.2. The number of unbranched alkanes of at least 4 members (excludes halogenated alkanes) is 28. The van der Waals surface area contributed by atoms with Gasteiger partial charge in [-0.3, -0.25) is 0 Å². The first-order chi connectivity index (χ1) is 22.3. The SMILES string of the molecule is CCCCCCCCCCCCCCCCCC(=O)[PH-](OCC[N+](C)(C)C)C(=O)CCCCCCCCCCCCCCCCC. The molecule has 0 fully saturated rings. The zero-order valence-corrected chi connectivity index (χ0v) is 33.2. The fourth-order valence-electron chi connectivity index (χ4n) is 6.28. The van der Waals surface area contributed by atoms with Crippen LogP contribution in [0.15, 0.2) is 0 Å². The topological polar surface area (TPSA) is 43.4 Å². The van der Waals surface area contributed by atoms with Crippen molar-refractivity contribution in [3.05, 3.63) is 0 Å². The fourth-order valence-corrected chi connectivity index (χ4v) is 8.01. The molecule has 0 saturated carbocycles. The molecule has 0 rings (SSSR count). The van der Waals surface area contributed by atoms with Crippen LogP contribution >= 0.6 is 8.15 Å². The Hall–Kier alpha value is -0.310. The standard InChI is InChI=1S/C41H84NO3P/c1-6-8-10-12-14-16-18-20-22-24-26-28-30-32-34-36-40(43)46(45-39-38-42(3,4)5)41(44)37-35-33-31-29-27-25-23-21-19-17-15-13-11-9-7-2/h46H,6-39H2,1-5H3. The quantitative estimate of drug-likeness (QED) is 0.0373. The monoisotopic (exact) mass is 670 g/mol. The Kier molecular flexibility index (Phi) is 34.3. The third kappa shape index (κ3) is 33.6. The molecule has 4 nitrogen and oxygen atoms in total. The van der Waals surface area contributed by atoms with E-state index < -0.39 is 8.15 Å².